The third-order valence-electron chi connectivity index (χ3n) is 3.18. The predicted molar refractivity (Wildman–Crippen MR) is 68.5 cm³/mol. The quantitative estimate of drug-likeness (QED) is 0.711. The maximum Gasteiger partial charge on any atom is 0.238 e. The van der Waals surface area contributed by atoms with Gasteiger partial charge in [0.15, 0.2) is 5.82 Å². The van der Waals surface area contributed by atoms with Gasteiger partial charge in [-0.05, 0) is 5.56 Å². The van der Waals surface area contributed by atoms with Crippen LogP contribution in [0.4, 0.5) is 0 Å². The summed E-state index contributed by atoms with van der Waals surface area (Å²) in [6, 6.07) is 7.88. The zero-order chi connectivity index (χ0) is 12.9. The highest BCUT2D eigenvalue weighted by atomic mass is 16.2. The third-order valence-corrected chi connectivity index (χ3v) is 3.18. The SMILES string of the molecule is CC(C)(C)c1nnc2n1C(=O)Cc1ccccc1-2. The second-order valence-electron chi connectivity index (χ2n) is 5.66. The monoisotopic (exact) mass is 241 g/mol. The Morgan fingerprint density at radius 1 is 1.17 bits per heavy atom. The average molecular weight is 241 g/mol. The molecule has 1 aliphatic rings. The summed E-state index contributed by atoms with van der Waals surface area (Å²) in [5.41, 5.74) is 1.86. The van der Waals surface area contributed by atoms with E-state index in [4.69, 9.17) is 0 Å². The molecule has 0 N–H and O–H groups in total. The smallest absolute Gasteiger partial charge is 0.238 e. The molecule has 2 aromatic rings. The van der Waals surface area contributed by atoms with Gasteiger partial charge in [-0.1, -0.05) is 45.0 Å². The van der Waals surface area contributed by atoms with E-state index in [0.29, 0.717) is 12.2 Å². The van der Waals surface area contributed by atoms with E-state index in [2.05, 4.69) is 10.2 Å². The molecular formula is C14H15N3O. The van der Waals surface area contributed by atoms with E-state index in [9.17, 15) is 4.79 Å². The van der Waals surface area contributed by atoms with Crippen molar-refractivity contribution in [1.82, 2.24) is 14.8 Å². The molecule has 18 heavy (non-hydrogen) atoms. The van der Waals surface area contributed by atoms with Crippen molar-refractivity contribution in [2.75, 3.05) is 0 Å². The van der Waals surface area contributed by atoms with E-state index in [1.807, 2.05) is 45.0 Å². The number of nitrogens with zero attached hydrogens (tertiary/aromatic N) is 3. The minimum absolute atomic E-state index is 0.0543. The summed E-state index contributed by atoms with van der Waals surface area (Å²) >= 11 is 0. The highest BCUT2D eigenvalue weighted by molar-refractivity contribution is 5.91. The van der Waals surface area contributed by atoms with E-state index in [1.165, 1.54) is 0 Å². The highest BCUT2D eigenvalue weighted by Crippen LogP contribution is 2.31. The molecule has 0 unspecified atom stereocenters. The van der Waals surface area contributed by atoms with Gasteiger partial charge in [0.05, 0.1) is 6.42 Å². The molecule has 0 aliphatic carbocycles. The molecule has 3 rings (SSSR count). The first kappa shape index (κ1) is 11.1. The number of fused-ring (bicyclic) bond motifs is 3. The maximum atomic E-state index is 12.3. The van der Waals surface area contributed by atoms with Gasteiger partial charge in [0.1, 0.15) is 5.82 Å². The van der Waals surface area contributed by atoms with Crippen LogP contribution >= 0.6 is 0 Å². The topological polar surface area (TPSA) is 47.8 Å². The normalized spacial score (nSPS) is 14.3. The van der Waals surface area contributed by atoms with Gasteiger partial charge in [-0.2, -0.15) is 0 Å². The van der Waals surface area contributed by atoms with Gasteiger partial charge >= 0.3 is 0 Å². The first-order chi connectivity index (χ1) is 8.48. The van der Waals surface area contributed by atoms with Crippen molar-refractivity contribution in [2.24, 2.45) is 0 Å². The summed E-state index contributed by atoms with van der Waals surface area (Å²) in [6.45, 7) is 6.12. The fourth-order valence-electron chi connectivity index (χ4n) is 2.32. The van der Waals surface area contributed by atoms with Crippen LogP contribution < -0.4 is 0 Å². The standard InChI is InChI=1S/C14H15N3O/c1-14(2,3)13-16-15-12-10-7-5-4-6-9(10)8-11(18)17(12)13/h4-7H,8H2,1-3H3. The van der Waals surface area contributed by atoms with Crippen molar-refractivity contribution in [1.29, 1.82) is 0 Å². The molecule has 0 atom stereocenters. The first-order valence-electron chi connectivity index (χ1n) is 6.06. The Kier molecular flexibility index (Phi) is 2.17. The molecular weight excluding hydrogens is 226 g/mol. The first-order valence-corrected chi connectivity index (χ1v) is 6.06. The van der Waals surface area contributed by atoms with Crippen molar-refractivity contribution in [2.45, 2.75) is 32.6 Å². The van der Waals surface area contributed by atoms with Crippen LogP contribution in [0.1, 0.15) is 37.0 Å². The summed E-state index contributed by atoms with van der Waals surface area (Å²) in [7, 11) is 0. The largest absolute Gasteiger partial charge is 0.274 e. The van der Waals surface area contributed by atoms with E-state index < -0.39 is 0 Å². The molecule has 4 nitrogen and oxygen atoms in total. The Balaban J connectivity index is 2.28. The van der Waals surface area contributed by atoms with Crippen LogP contribution in [0.15, 0.2) is 24.3 Å². The van der Waals surface area contributed by atoms with Gasteiger partial charge in [-0.15, -0.1) is 10.2 Å². The molecule has 1 aromatic carbocycles. The second kappa shape index (κ2) is 3.51. The molecule has 92 valence electrons. The lowest BCUT2D eigenvalue weighted by Crippen LogP contribution is -2.27. The van der Waals surface area contributed by atoms with Crippen molar-refractivity contribution in [3.8, 4) is 11.4 Å². The Hall–Kier alpha value is -1.97. The van der Waals surface area contributed by atoms with Gasteiger partial charge in [-0.25, -0.2) is 4.57 Å². The summed E-state index contributed by atoms with van der Waals surface area (Å²) in [5.74, 6) is 1.46. The van der Waals surface area contributed by atoms with E-state index in [-0.39, 0.29) is 11.3 Å². The van der Waals surface area contributed by atoms with Crippen LogP contribution in [-0.4, -0.2) is 20.7 Å². The van der Waals surface area contributed by atoms with E-state index in [0.717, 1.165) is 17.0 Å². The Bertz CT molecular complexity index is 635. The fraction of sp³-hybridized carbons (Fsp3) is 0.357. The summed E-state index contributed by atoms with van der Waals surface area (Å²) in [6.07, 6.45) is 0.421. The van der Waals surface area contributed by atoms with Crippen LogP contribution in [0.5, 0.6) is 0 Å². The summed E-state index contributed by atoms with van der Waals surface area (Å²) in [4.78, 5) is 12.3. The van der Waals surface area contributed by atoms with Crippen molar-refractivity contribution < 1.29 is 4.79 Å². The number of carbonyl (C=O) groups excluding carboxylic acids is 1. The number of hydrogen-bond donors (Lipinski definition) is 0. The zero-order valence-electron chi connectivity index (χ0n) is 10.8. The molecule has 1 aliphatic heterocycles. The fourth-order valence-corrected chi connectivity index (χ4v) is 2.32. The number of carbonyl (C=O) groups is 1. The Morgan fingerprint density at radius 2 is 1.89 bits per heavy atom. The lowest BCUT2D eigenvalue weighted by atomic mass is 9.94. The van der Waals surface area contributed by atoms with Crippen LogP contribution in [0.3, 0.4) is 0 Å². The molecule has 2 heterocycles. The lowest BCUT2D eigenvalue weighted by Gasteiger charge is -2.22. The number of rotatable bonds is 0. The predicted octanol–water partition coefficient (Wildman–Crippen LogP) is 2.44. The van der Waals surface area contributed by atoms with Crippen molar-refractivity contribution >= 4 is 5.91 Å². The Morgan fingerprint density at radius 3 is 2.61 bits per heavy atom. The highest BCUT2D eigenvalue weighted by Gasteiger charge is 2.31. The molecule has 0 amide bonds. The van der Waals surface area contributed by atoms with Gasteiger partial charge in [-0.3, -0.25) is 4.79 Å². The van der Waals surface area contributed by atoms with Gasteiger partial charge in [0, 0.05) is 11.0 Å². The van der Waals surface area contributed by atoms with Crippen LogP contribution in [0.25, 0.3) is 11.4 Å². The summed E-state index contributed by atoms with van der Waals surface area (Å²) in [5, 5.41) is 8.42. The molecule has 4 heteroatoms. The minimum atomic E-state index is -0.187. The Labute approximate surface area is 106 Å². The van der Waals surface area contributed by atoms with E-state index >= 15 is 0 Å². The molecule has 0 bridgehead atoms. The molecule has 0 saturated heterocycles. The number of benzene rings is 1. The number of hydrogen-bond acceptors (Lipinski definition) is 3. The van der Waals surface area contributed by atoms with Gasteiger partial charge < -0.3 is 0 Å². The molecule has 0 radical (unpaired) electrons. The van der Waals surface area contributed by atoms with Crippen molar-refractivity contribution in [3.05, 3.63) is 35.7 Å². The average Bonchev–Trinajstić information content (AvgIpc) is 2.74. The molecule has 0 spiro atoms. The van der Waals surface area contributed by atoms with Crippen molar-refractivity contribution in [3.63, 3.8) is 0 Å². The molecule has 0 saturated carbocycles. The lowest BCUT2D eigenvalue weighted by molar-refractivity contribution is 0.0905. The minimum Gasteiger partial charge on any atom is -0.274 e. The van der Waals surface area contributed by atoms with Gasteiger partial charge in [0.25, 0.3) is 0 Å². The number of aromatic nitrogens is 3. The molecule has 1 aromatic heterocycles. The molecule has 0 fully saturated rings. The van der Waals surface area contributed by atoms with E-state index in [1.54, 1.807) is 4.57 Å². The second-order valence-corrected chi connectivity index (χ2v) is 5.66. The van der Waals surface area contributed by atoms with Gasteiger partial charge in [0.2, 0.25) is 5.91 Å². The van der Waals surface area contributed by atoms with Crippen LogP contribution in [-0.2, 0) is 11.8 Å². The van der Waals surface area contributed by atoms with Crippen LogP contribution in [0, 0.1) is 0 Å². The van der Waals surface area contributed by atoms with Crippen LogP contribution in [0.2, 0.25) is 0 Å². The third kappa shape index (κ3) is 1.49. The zero-order valence-corrected chi connectivity index (χ0v) is 10.8. The maximum absolute atomic E-state index is 12.3. The summed E-state index contributed by atoms with van der Waals surface area (Å²) < 4.78 is 1.67.